The van der Waals surface area contributed by atoms with E-state index in [2.05, 4.69) is 30.9 Å². The second-order valence-corrected chi connectivity index (χ2v) is 10.0. The Morgan fingerprint density at radius 2 is 1.63 bits per heavy atom. The summed E-state index contributed by atoms with van der Waals surface area (Å²) >= 11 is 0. The predicted molar refractivity (Wildman–Crippen MR) is 149 cm³/mol. The molecule has 9 nitrogen and oxygen atoms in total. The average Bonchev–Trinajstić information content (AvgIpc) is 2.89. The van der Waals surface area contributed by atoms with Crippen molar-refractivity contribution in [3.8, 4) is 11.3 Å². The monoisotopic (exact) mass is 564 g/mol. The van der Waals surface area contributed by atoms with Crippen molar-refractivity contribution in [3.05, 3.63) is 89.9 Å². The van der Waals surface area contributed by atoms with Crippen molar-refractivity contribution in [2.24, 2.45) is 0 Å². The van der Waals surface area contributed by atoms with Gasteiger partial charge in [0.1, 0.15) is 5.60 Å². The molecule has 2 aromatic heterocycles. The van der Waals surface area contributed by atoms with Crippen LogP contribution in [0.2, 0.25) is 0 Å². The Bertz CT molecular complexity index is 1570. The van der Waals surface area contributed by atoms with Gasteiger partial charge in [0.2, 0.25) is 5.95 Å². The lowest BCUT2D eigenvalue weighted by atomic mass is 10.1. The molecular weight excluding hydrogens is 537 g/mol. The number of rotatable bonds is 6. The van der Waals surface area contributed by atoms with Gasteiger partial charge in [-0.3, -0.25) is 15.1 Å². The second kappa shape index (κ2) is 11.6. The van der Waals surface area contributed by atoms with Crippen molar-refractivity contribution in [1.82, 2.24) is 15.0 Å². The molecule has 0 saturated heterocycles. The van der Waals surface area contributed by atoms with Gasteiger partial charge in [0, 0.05) is 46.8 Å². The zero-order valence-electron chi connectivity index (χ0n) is 22.6. The molecular formula is C29H27F3N6O3. The van der Waals surface area contributed by atoms with Gasteiger partial charge in [-0.15, -0.1) is 0 Å². The van der Waals surface area contributed by atoms with Crippen molar-refractivity contribution >= 4 is 35.0 Å². The van der Waals surface area contributed by atoms with Gasteiger partial charge < -0.3 is 15.4 Å². The highest BCUT2D eigenvalue weighted by molar-refractivity contribution is 6.05. The van der Waals surface area contributed by atoms with E-state index >= 15 is 0 Å². The van der Waals surface area contributed by atoms with E-state index < -0.39 is 29.3 Å². The predicted octanol–water partition coefficient (Wildman–Crippen LogP) is 7.21. The van der Waals surface area contributed by atoms with Crippen LogP contribution in [-0.2, 0) is 10.9 Å². The lowest BCUT2D eigenvalue weighted by Crippen LogP contribution is -2.27. The van der Waals surface area contributed by atoms with Gasteiger partial charge >= 0.3 is 12.3 Å². The summed E-state index contributed by atoms with van der Waals surface area (Å²) in [6.45, 7) is 6.69. The third-order valence-corrected chi connectivity index (χ3v) is 5.52. The molecule has 0 bridgehead atoms. The first-order chi connectivity index (χ1) is 19.3. The second-order valence-electron chi connectivity index (χ2n) is 10.0. The molecule has 0 aliphatic rings. The van der Waals surface area contributed by atoms with E-state index in [1.807, 2.05) is 13.0 Å². The van der Waals surface area contributed by atoms with E-state index in [0.717, 1.165) is 23.3 Å². The van der Waals surface area contributed by atoms with Crippen molar-refractivity contribution < 1.29 is 27.5 Å². The summed E-state index contributed by atoms with van der Waals surface area (Å²) in [6, 6.07) is 12.9. The summed E-state index contributed by atoms with van der Waals surface area (Å²) in [5, 5.41) is 7.85. The number of pyridine rings is 1. The highest BCUT2D eigenvalue weighted by atomic mass is 19.4. The van der Waals surface area contributed by atoms with Crippen molar-refractivity contribution in [2.75, 3.05) is 16.0 Å². The molecule has 3 N–H and O–H groups in total. The number of amides is 2. The summed E-state index contributed by atoms with van der Waals surface area (Å²) in [5.41, 5.74) is 0.632. The zero-order valence-corrected chi connectivity index (χ0v) is 22.6. The molecule has 0 atom stereocenters. The lowest BCUT2D eigenvalue weighted by Gasteiger charge is -2.20. The third kappa shape index (κ3) is 8.01. The first kappa shape index (κ1) is 29.0. The molecule has 12 heteroatoms. The van der Waals surface area contributed by atoms with E-state index in [0.29, 0.717) is 11.4 Å². The molecule has 41 heavy (non-hydrogen) atoms. The van der Waals surface area contributed by atoms with Crippen LogP contribution in [0.4, 0.5) is 41.0 Å². The molecule has 2 amide bonds. The summed E-state index contributed by atoms with van der Waals surface area (Å²) in [4.78, 5) is 38.0. The van der Waals surface area contributed by atoms with Crippen LogP contribution < -0.4 is 16.0 Å². The van der Waals surface area contributed by atoms with Crippen LogP contribution in [0.5, 0.6) is 0 Å². The largest absolute Gasteiger partial charge is 0.444 e. The molecule has 2 aromatic carbocycles. The number of halogens is 3. The van der Waals surface area contributed by atoms with Gasteiger partial charge in [0.15, 0.2) is 0 Å². The van der Waals surface area contributed by atoms with Gasteiger partial charge in [-0.1, -0.05) is 6.07 Å². The lowest BCUT2D eigenvalue weighted by molar-refractivity contribution is -0.137. The Morgan fingerprint density at radius 3 is 2.29 bits per heavy atom. The highest BCUT2D eigenvalue weighted by Crippen LogP contribution is 2.34. The number of aromatic nitrogens is 3. The van der Waals surface area contributed by atoms with E-state index in [4.69, 9.17) is 4.74 Å². The number of nitrogens with one attached hydrogen (secondary N) is 3. The number of benzene rings is 2. The number of hydrogen-bond donors (Lipinski definition) is 3. The van der Waals surface area contributed by atoms with Gasteiger partial charge in [-0.2, -0.15) is 13.2 Å². The molecule has 0 aliphatic heterocycles. The van der Waals surface area contributed by atoms with Gasteiger partial charge in [0.05, 0.1) is 11.3 Å². The fourth-order valence-corrected chi connectivity index (χ4v) is 3.67. The van der Waals surface area contributed by atoms with Crippen molar-refractivity contribution in [2.45, 2.75) is 39.5 Å². The molecule has 4 rings (SSSR count). The van der Waals surface area contributed by atoms with Crippen molar-refractivity contribution in [1.29, 1.82) is 0 Å². The molecule has 0 fully saturated rings. The Balaban J connectivity index is 1.56. The van der Waals surface area contributed by atoms with E-state index in [1.165, 1.54) is 18.2 Å². The van der Waals surface area contributed by atoms with Crippen LogP contribution in [0.25, 0.3) is 11.3 Å². The number of alkyl halides is 3. The molecule has 0 spiro atoms. The molecule has 0 radical (unpaired) electrons. The quantitative estimate of drug-likeness (QED) is 0.226. The number of anilines is 4. The Labute approximate surface area is 234 Å². The zero-order chi connectivity index (χ0) is 29.8. The van der Waals surface area contributed by atoms with Crippen LogP contribution in [-0.4, -0.2) is 32.6 Å². The van der Waals surface area contributed by atoms with Gasteiger partial charge in [0.25, 0.3) is 5.91 Å². The fourth-order valence-electron chi connectivity index (χ4n) is 3.67. The van der Waals surface area contributed by atoms with E-state index in [9.17, 15) is 22.8 Å². The summed E-state index contributed by atoms with van der Waals surface area (Å²) in [7, 11) is 0. The normalized spacial score (nSPS) is 11.5. The highest BCUT2D eigenvalue weighted by Gasteiger charge is 2.32. The fraction of sp³-hybridized carbons (Fsp3) is 0.207. The summed E-state index contributed by atoms with van der Waals surface area (Å²) < 4.78 is 45.9. The minimum absolute atomic E-state index is 0.167. The molecule has 212 valence electrons. The molecule has 0 saturated carbocycles. The molecule has 0 aliphatic carbocycles. The Morgan fingerprint density at radius 1 is 0.902 bits per heavy atom. The van der Waals surface area contributed by atoms with Gasteiger partial charge in [-0.05, 0) is 81.8 Å². The number of aryl methyl sites for hydroxylation is 1. The smallest absolute Gasteiger partial charge is 0.416 e. The topological polar surface area (TPSA) is 118 Å². The first-order valence-corrected chi connectivity index (χ1v) is 12.4. The van der Waals surface area contributed by atoms with E-state index in [1.54, 1.807) is 57.6 Å². The Hall–Kier alpha value is -5.00. The standard InChI is InChI=1S/C29H27F3N6O3/c1-17-7-8-18(12-24(17)38-26-34-11-9-23(37-26)19-6-5-10-33-16-19)25(39)35-21-13-20(29(30,31)32)14-22(15-21)36-27(40)41-28(2,3)4/h5-16H,1-4H3,(H,35,39)(H,36,40)(H,34,37,38). The van der Waals surface area contributed by atoms with Crippen LogP contribution >= 0.6 is 0 Å². The number of carbonyl (C=O) groups excluding carboxylic acids is 2. The number of ether oxygens (including phenoxy) is 1. The minimum Gasteiger partial charge on any atom is -0.444 e. The van der Waals surface area contributed by atoms with Crippen LogP contribution in [0.15, 0.2) is 73.2 Å². The maximum absolute atomic E-state index is 13.6. The van der Waals surface area contributed by atoms with E-state index in [-0.39, 0.29) is 22.9 Å². The SMILES string of the molecule is Cc1ccc(C(=O)Nc2cc(NC(=O)OC(C)(C)C)cc(C(F)(F)F)c2)cc1Nc1nccc(-c2cccnc2)n1. The summed E-state index contributed by atoms with van der Waals surface area (Å²) in [5.74, 6) is -0.386. The minimum atomic E-state index is -4.73. The molecule has 4 aromatic rings. The van der Waals surface area contributed by atoms with Crippen LogP contribution in [0.3, 0.4) is 0 Å². The van der Waals surface area contributed by atoms with Crippen molar-refractivity contribution in [3.63, 3.8) is 0 Å². The average molecular weight is 565 g/mol. The maximum atomic E-state index is 13.6. The molecule has 2 heterocycles. The Kier molecular flexibility index (Phi) is 8.22. The van der Waals surface area contributed by atoms with Gasteiger partial charge in [-0.25, -0.2) is 14.8 Å². The van der Waals surface area contributed by atoms with Crippen LogP contribution in [0, 0.1) is 6.92 Å². The maximum Gasteiger partial charge on any atom is 0.416 e. The first-order valence-electron chi connectivity index (χ1n) is 12.4. The van der Waals surface area contributed by atoms with Crippen LogP contribution in [0.1, 0.15) is 42.3 Å². The number of carbonyl (C=O) groups is 2. The number of nitrogens with zero attached hydrogens (tertiary/aromatic N) is 3. The molecule has 0 unspecified atom stereocenters. The number of hydrogen-bond acceptors (Lipinski definition) is 7. The summed E-state index contributed by atoms with van der Waals surface area (Å²) in [6.07, 6.45) is -0.749. The third-order valence-electron chi connectivity index (χ3n) is 5.52.